The first kappa shape index (κ1) is 13.6. The quantitative estimate of drug-likeness (QED) is 0.842. The smallest absolute Gasteiger partial charge is 0.244 e. The van der Waals surface area contributed by atoms with Gasteiger partial charge in [-0.25, -0.2) is 0 Å². The molecule has 4 nitrogen and oxygen atoms in total. The van der Waals surface area contributed by atoms with Crippen LogP contribution in [0.3, 0.4) is 0 Å². The molecule has 0 aromatic heterocycles. The van der Waals surface area contributed by atoms with E-state index in [1.807, 2.05) is 12.1 Å². The first-order chi connectivity index (χ1) is 10.7. The summed E-state index contributed by atoms with van der Waals surface area (Å²) >= 11 is 0. The number of amides is 1. The van der Waals surface area contributed by atoms with Gasteiger partial charge in [-0.15, -0.1) is 0 Å². The number of carbonyl (C=O) groups is 1. The zero-order valence-electron chi connectivity index (χ0n) is 12.6. The Kier molecular flexibility index (Phi) is 3.11. The fourth-order valence-electron chi connectivity index (χ4n) is 5.28. The Labute approximate surface area is 130 Å². The number of hydrogen-bond donors (Lipinski definition) is 2. The largest absolute Gasteiger partial charge is 0.299 e. The van der Waals surface area contributed by atoms with Crippen LogP contribution in [-0.2, 0) is 4.79 Å². The highest BCUT2D eigenvalue weighted by Crippen LogP contribution is 2.60. The predicted molar refractivity (Wildman–Crippen MR) is 83.5 cm³/mol. The van der Waals surface area contributed by atoms with Crippen molar-refractivity contribution in [2.75, 3.05) is 5.43 Å². The summed E-state index contributed by atoms with van der Waals surface area (Å²) in [5, 5.41) is 8.80. The highest BCUT2D eigenvalue weighted by atomic mass is 16.2. The Bertz CT molecular complexity index is 593. The molecule has 22 heavy (non-hydrogen) atoms. The first-order valence-corrected chi connectivity index (χ1v) is 8.23. The monoisotopic (exact) mass is 295 g/mol. The molecule has 0 spiro atoms. The lowest BCUT2D eigenvalue weighted by molar-refractivity contribution is -0.145. The SMILES string of the molecule is N#Cc1ccc(NNC(=O)C23CC4CC(CC(C4)C2)C3)cc1. The van der Waals surface area contributed by atoms with Crippen LogP contribution in [0.25, 0.3) is 0 Å². The van der Waals surface area contributed by atoms with E-state index in [1.54, 1.807) is 12.1 Å². The summed E-state index contributed by atoms with van der Waals surface area (Å²) in [5.41, 5.74) is 7.24. The zero-order valence-corrected chi connectivity index (χ0v) is 12.6. The topological polar surface area (TPSA) is 64.9 Å². The molecule has 4 aliphatic rings. The van der Waals surface area contributed by atoms with Crippen molar-refractivity contribution >= 4 is 11.6 Å². The number of rotatable bonds is 3. The third-order valence-corrected chi connectivity index (χ3v) is 5.85. The molecule has 1 amide bonds. The van der Waals surface area contributed by atoms with Gasteiger partial charge in [0.15, 0.2) is 0 Å². The molecule has 0 heterocycles. The molecule has 1 aromatic rings. The maximum Gasteiger partial charge on any atom is 0.244 e. The molecule has 0 atom stereocenters. The minimum Gasteiger partial charge on any atom is -0.299 e. The van der Waals surface area contributed by atoms with Gasteiger partial charge in [-0.1, -0.05) is 0 Å². The number of nitrogens with zero attached hydrogens (tertiary/aromatic N) is 1. The molecule has 2 N–H and O–H groups in total. The van der Waals surface area contributed by atoms with Crippen LogP contribution in [0.1, 0.15) is 44.1 Å². The summed E-state index contributed by atoms with van der Waals surface area (Å²) in [7, 11) is 0. The first-order valence-electron chi connectivity index (χ1n) is 8.23. The Morgan fingerprint density at radius 2 is 1.59 bits per heavy atom. The van der Waals surface area contributed by atoms with Crippen LogP contribution in [0.2, 0.25) is 0 Å². The lowest BCUT2D eigenvalue weighted by Crippen LogP contribution is -2.54. The summed E-state index contributed by atoms with van der Waals surface area (Å²) in [5.74, 6) is 2.47. The van der Waals surface area contributed by atoms with E-state index in [0.717, 1.165) is 42.7 Å². The number of anilines is 1. The third-order valence-electron chi connectivity index (χ3n) is 5.85. The van der Waals surface area contributed by atoms with Gasteiger partial charge in [-0.05, 0) is 80.5 Å². The van der Waals surface area contributed by atoms with Gasteiger partial charge in [0.05, 0.1) is 22.7 Å². The van der Waals surface area contributed by atoms with Crippen LogP contribution in [0.15, 0.2) is 24.3 Å². The number of hydrogen-bond acceptors (Lipinski definition) is 3. The average Bonchev–Trinajstić information content (AvgIpc) is 2.51. The number of benzene rings is 1. The number of carbonyl (C=O) groups excluding carboxylic acids is 1. The standard InChI is InChI=1S/C18H21N3O/c19-11-12-1-3-16(4-2-12)20-21-17(22)18-8-13-5-14(9-18)7-15(6-13)10-18/h1-4,13-15,20H,5-10H2,(H,21,22). The molecule has 1 aromatic carbocycles. The molecular formula is C18H21N3O. The van der Waals surface area contributed by atoms with E-state index < -0.39 is 0 Å². The molecule has 4 bridgehead atoms. The zero-order chi connectivity index (χ0) is 15.2. The molecule has 4 aliphatic carbocycles. The predicted octanol–water partition coefficient (Wildman–Crippen LogP) is 3.22. The van der Waals surface area contributed by atoms with Crippen LogP contribution >= 0.6 is 0 Å². The second-order valence-corrected chi connectivity index (χ2v) is 7.47. The maximum atomic E-state index is 12.8. The Morgan fingerprint density at radius 3 is 2.09 bits per heavy atom. The van der Waals surface area contributed by atoms with Crippen LogP contribution in [0.4, 0.5) is 5.69 Å². The fourth-order valence-corrected chi connectivity index (χ4v) is 5.28. The lowest BCUT2D eigenvalue weighted by Gasteiger charge is -2.55. The number of hydrazine groups is 1. The summed E-state index contributed by atoms with van der Waals surface area (Å²) in [6, 6.07) is 9.23. The summed E-state index contributed by atoms with van der Waals surface area (Å²) < 4.78 is 0. The molecule has 4 saturated carbocycles. The molecule has 0 unspecified atom stereocenters. The fraction of sp³-hybridized carbons (Fsp3) is 0.556. The molecule has 0 aliphatic heterocycles. The molecule has 0 radical (unpaired) electrons. The van der Waals surface area contributed by atoms with Crippen molar-refractivity contribution in [1.82, 2.24) is 5.43 Å². The van der Waals surface area contributed by atoms with E-state index in [4.69, 9.17) is 5.26 Å². The van der Waals surface area contributed by atoms with Crippen molar-refractivity contribution in [3.05, 3.63) is 29.8 Å². The van der Waals surface area contributed by atoms with Crippen LogP contribution in [0, 0.1) is 34.5 Å². The van der Waals surface area contributed by atoms with Crippen molar-refractivity contribution in [2.24, 2.45) is 23.2 Å². The van der Waals surface area contributed by atoms with Gasteiger partial charge >= 0.3 is 0 Å². The average molecular weight is 295 g/mol. The van der Waals surface area contributed by atoms with Gasteiger partial charge < -0.3 is 0 Å². The molecule has 114 valence electrons. The van der Waals surface area contributed by atoms with Gasteiger partial charge in [0.25, 0.3) is 0 Å². The van der Waals surface area contributed by atoms with Crippen LogP contribution in [0.5, 0.6) is 0 Å². The van der Waals surface area contributed by atoms with Crippen molar-refractivity contribution in [2.45, 2.75) is 38.5 Å². The Balaban J connectivity index is 1.43. The maximum absolute atomic E-state index is 12.8. The number of nitrogens with one attached hydrogen (secondary N) is 2. The van der Waals surface area contributed by atoms with Crippen LogP contribution in [-0.4, -0.2) is 5.91 Å². The minimum atomic E-state index is -0.131. The third kappa shape index (κ3) is 2.25. The molecular weight excluding hydrogens is 274 g/mol. The number of nitriles is 1. The molecule has 4 heteroatoms. The second kappa shape index (κ2) is 5.01. The highest BCUT2D eigenvalue weighted by molar-refractivity contribution is 5.84. The Morgan fingerprint density at radius 1 is 1.05 bits per heavy atom. The van der Waals surface area contributed by atoms with E-state index in [-0.39, 0.29) is 11.3 Å². The van der Waals surface area contributed by atoms with Gasteiger partial charge in [0.2, 0.25) is 5.91 Å². The van der Waals surface area contributed by atoms with Gasteiger partial charge in [-0.2, -0.15) is 5.26 Å². The van der Waals surface area contributed by atoms with Gasteiger partial charge in [-0.3, -0.25) is 15.6 Å². The minimum absolute atomic E-state index is 0.131. The Hall–Kier alpha value is -2.02. The van der Waals surface area contributed by atoms with Crippen molar-refractivity contribution in [1.29, 1.82) is 5.26 Å². The van der Waals surface area contributed by atoms with Crippen molar-refractivity contribution in [3.63, 3.8) is 0 Å². The summed E-state index contributed by atoms with van der Waals surface area (Å²) in [6.45, 7) is 0. The lowest BCUT2D eigenvalue weighted by atomic mass is 9.49. The van der Waals surface area contributed by atoms with E-state index in [9.17, 15) is 4.79 Å². The highest BCUT2D eigenvalue weighted by Gasteiger charge is 2.54. The van der Waals surface area contributed by atoms with E-state index in [1.165, 1.54) is 19.3 Å². The van der Waals surface area contributed by atoms with Crippen molar-refractivity contribution in [3.8, 4) is 6.07 Å². The van der Waals surface area contributed by atoms with Crippen molar-refractivity contribution < 1.29 is 4.79 Å². The van der Waals surface area contributed by atoms with E-state index in [0.29, 0.717) is 5.56 Å². The normalized spacial score (nSPS) is 35.0. The molecule has 0 saturated heterocycles. The summed E-state index contributed by atoms with van der Waals surface area (Å²) in [4.78, 5) is 12.8. The van der Waals surface area contributed by atoms with Crippen LogP contribution < -0.4 is 10.9 Å². The van der Waals surface area contributed by atoms with Gasteiger partial charge in [0, 0.05) is 0 Å². The van der Waals surface area contributed by atoms with Gasteiger partial charge in [0.1, 0.15) is 0 Å². The molecule has 5 rings (SSSR count). The van der Waals surface area contributed by atoms with E-state index in [2.05, 4.69) is 16.9 Å². The second-order valence-electron chi connectivity index (χ2n) is 7.47. The molecule has 4 fully saturated rings. The summed E-state index contributed by atoms with van der Waals surface area (Å²) in [6.07, 6.45) is 7.24. The van der Waals surface area contributed by atoms with E-state index >= 15 is 0 Å².